The number of hydrogen-bond donors (Lipinski definition) is 2. The van der Waals surface area contributed by atoms with Crippen LogP contribution in [0.5, 0.6) is 5.75 Å². The molecule has 7 nitrogen and oxygen atoms in total. The number of hydrogen-bond acceptors (Lipinski definition) is 6. The van der Waals surface area contributed by atoms with Crippen LogP contribution in [-0.2, 0) is 4.79 Å². The molecule has 0 radical (unpaired) electrons. The second-order valence-electron chi connectivity index (χ2n) is 8.37. The van der Waals surface area contributed by atoms with Gasteiger partial charge in [0.05, 0.1) is 5.69 Å². The fraction of sp³-hybridized carbons (Fsp3) is 0.273. The van der Waals surface area contributed by atoms with Crippen molar-refractivity contribution in [2.75, 3.05) is 5.32 Å². The lowest BCUT2D eigenvalue weighted by atomic mass is 9.73. The van der Waals surface area contributed by atoms with Gasteiger partial charge in [0.15, 0.2) is 11.6 Å². The van der Waals surface area contributed by atoms with Crippen LogP contribution in [0.25, 0.3) is 11.4 Å². The fourth-order valence-electron chi connectivity index (χ4n) is 4.19. The van der Waals surface area contributed by atoms with Crippen molar-refractivity contribution in [3.63, 3.8) is 0 Å². The van der Waals surface area contributed by atoms with E-state index in [1.54, 1.807) is 29.1 Å². The minimum atomic E-state index is -0.426. The van der Waals surface area contributed by atoms with E-state index in [-0.39, 0.29) is 16.9 Å². The molecule has 1 aliphatic heterocycles. The molecule has 0 saturated heterocycles. The van der Waals surface area contributed by atoms with Gasteiger partial charge < -0.3 is 10.4 Å². The number of pyridine rings is 1. The van der Waals surface area contributed by atoms with E-state index in [1.165, 1.54) is 0 Å². The number of ketones is 1. The molecule has 2 N–H and O–H groups in total. The highest BCUT2D eigenvalue weighted by Gasteiger charge is 2.42. The summed E-state index contributed by atoms with van der Waals surface area (Å²) < 4.78 is 1.73. The number of nitrogens with one attached hydrogen (secondary N) is 1. The number of benzene rings is 1. The Morgan fingerprint density at radius 2 is 2.03 bits per heavy atom. The summed E-state index contributed by atoms with van der Waals surface area (Å²) in [5.74, 6) is 1.32. The quantitative estimate of drug-likeness (QED) is 0.696. The first kappa shape index (κ1) is 17.6. The highest BCUT2D eigenvalue weighted by molar-refractivity contribution is 6.00. The predicted octanol–water partition coefficient (Wildman–Crippen LogP) is 3.70. The zero-order valence-electron chi connectivity index (χ0n) is 16.3. The summed E-state index contributed by atoms with van der Waals surface area (Å²) in [6.07, 6.45) is 2.97. The van der Waals surface area contributed by atoms with Crippen LogP contribution in [0.4, 0.5) is 5.95 Å². The van der Waals surface area contributed by atoms with Crippen molar-refractivity contribution in [3.05, 3.63) is 65.6 Å². The van der Waals surface area contributed by atoms with Crippen LogP contribution >= 0.6 is 0 Å². The van der Waals surface area contributed by atoms with Crippen molar-refractivity contribution in [1.82, 2.24) is 19.7 Å². The van der Waals surface area contributed by atoms with Crippen LogP contribution in [0.15, 0.2) is 59.9 Å². The first-order chi connectivity index (χ1) is 13.9. The van der Waals surface area contributed by atoms with Crippen molar-refractivity contribution in [2.45, 2.75) is 32.7 Å². The Bertz CT molecular complexity index is 1150. The summed E-state index contributed by atoms with van der Waals surface area (Å²) in [4.78, 5) is 22.3. The van der Waals surface area contributed by atoms with E-state index in [1.807, 2.05) is 24.3 Å². The SMILES string of the molecule is CC1(C)CC(=O)C2=C(C1)Nc1nc(-c3cccc(O)c3)nn1C2c1ccccn1. The molecule has 7 heteroatoms. The maximum atomic E-state index is 13.1. The minimum Gasteiger partial charge on any atom is -0.508 e. The topological polar surface area (TPSA) is 92.9 Å². The number of nitrogens with zero attached hydrogens (tertiary/aromatic N) is 4. The number of fused-ring (bicyclic) bond motifs is 1. The number of rotatable bonds is 2. The molecule has 0 saturated carbocycles. The third-order valence-electron chi connectivity index (χ3n) is 5.40. The average Bonchev–Trinajstić information content (AvgIpc) is 3.10. The molecule has 0 fully saturated rings. The van der Waals surface area contributed by atoms with Gasteiger partial charge in [0.1, 0.15) is 11.8 Å². The smallest absolute Gasteiger partial charge is 0.226 e. The molecular weight excluding hydrogens is 366 g/mol. The van der Waals surface area contributed by atoms with E-state index in [0.29, 0.717) is 29.3 Å². The third kappa shape index (κ3) is 2.99. The summed E-state index contributed by atoms with van der Waals surface area (Å²) in [7, 11) is 0. The first-order valence-electron chi connectivity index (χ1n) is 9.61. The third-order valence-corrected chi connectivity index (χ3v) is 5.40. The largest absolute Gasteiger partial charge is 0.508 e. The van der Waals surface area contributed by atoms with Crippen LogP contribution in [-0.4, -0.2) is 30.6 Å². The summed E-state index contributed by atoms with van der Waals surface area (Å²) in [5, 5.41) is 17.9. The minimum absolute atomic E-state index is 0.111. The molecule has 0 spiro atoms. The van der Waals surface area contributed by atoms with Crippen molar-refractivity contribution in [2.24, 2.45) is 5.41 Å². The normalized spacial score (nSPS) is 20.1. The molecule has 29 heavy (non-hydrogen) atoms. The van der Waals surface area contributed by atoms with Crippen LogP contribution in [0.2, 0.25) is 0 Å². The maximum Gasteiger partial charge on any atom is 0.226 e. The van der Waals surface area contributed by atoms with Gasteiger partial charge in [-0.25, -0.2) is 4.68 Å². The van der Waals surface area contributed by atoms with Gasteiger partial charge in [0, 0.05) is 29.5 Å². The van der Waals surface area contributed by atoms with E-state index < -0.39 is 6.04 Å². The lowest BCUT2D eigenvalue weighted by Gasteiger charge is -2.37. The number of carbonyl (C=O) groups is 1. The Kier molecular flexibility index (Phi) is 3.81. The molecule has 2 aliphatic rings. The Labute approximate surface area is 168 Å². The molecule has 5 rings (SSSR count). The molecule has 1 aromatic carbocycles. The Balaban J connectivity index is 1.68. The van der Waals surface area contributed by atoms with Crippen LogP contribution in [0.3, 0.4) is 0 Å². The predicted molar refractivity (Wildman–Crippen MR) is 108 cm³/mol. The van der Waals surface area contributed by atoms with Gasteiger partial charge in [-0.2, -0.15) is 4.98 Å². The fourth-order valence-corrected chi connectivity index (χ4v) is 4.19. The zero-order valence-corrected chi connectivity index (χ0v) is 16.3. The van der Waals surface area contributed by atoms with Crippen LogP contribution < -0.4 is 5.32 Å². The van der Waals surface area contributed by atoms with Crippen LogP contribution in [0, 0.1) is 5.41 Å². The summed E-state index contributed by atoms with van der Waals surface area (Å²) >= 11 is 0. The number of allylic oxidation sites excluding steroid dienone is 2. The lowest BCUT2D eigenvalue weighted by Crippen LogP contribution is -2.36. The van der Waals surface area contributed by atoms with E-state index in [0.717, 1.165) is 17.8 Å². The summed E-state index contributed by atoms with van der Waals surface area (Å²) in [6.45, 7) is 4.20. The summed E-state index contributed by atoms with van der Waals surface area (Å²) in [6, 6.07) is 12.1. The number of carbonyl (C=O) groups excluding carboxylic acids is 1. The van der Waals surface area contributed by atoms with Crippen LogP contribution in [0.1, 0.15) is 38.4 Å². The summed E-state index contributed by atoms with van der Waals surface area (Å²) in [5.41, 5.74) is 2.95. The molecule has 1 aliphatic carbocycles. The highest BCUT2D eigenvalue weighted by atomic mass is 16.3. The number of aromatic nitrogens is 4. The van der Waals surface area contributed by atoms with E-state index in [2.05, 4.69) is 34.2 Å². The molecule has 146 valence electrons. The second-order valence-corrected chi connectivity index (χ2v) is 8.37. The molecule has 0 amide bonds. The molecule has 3 aromatic rings. The number of Topliss-reactive ketones (excluding diaryl/α,β-unsaturated/α-hetero) is 1. The Morgan fingerprint density at radius 3 is 2.79 bits per heavy atom. The lowest BCUT2D eigenvalue weighted by molar-refractivity contribution is -0.118. The molecule has 1 unspecified atom stereocenters. The Morgan fingerprint density at radius 1 is 1.17 bits per heavy atom. The van der Waals surface area contributed by atoms with E-state index in [9.17, 15) is 9.90 Å². The number of anilines is 1. The maximum absolute atomic E-state index is 13.1. The molecular formula is C22H21N5O2. The van der Waals surface area contributed by atoms with Gasteiger partial charge in [0.2, 0.25) is 5.95 Å². The number of phenols is 1. The van der Waals surface area contributed by atoms with Gasteiger partial charge in [-0.1, -0.05) is 32.0 Å². The molecule has 0 bridgehead atoms. The number of phenolic OH excluding ortho intramolecular Hbond substituents is 1. The van der Waals surface area contributed by atoms with Gasteiger partial charge in [0.25, 0.3) is 0 Å². The zero-order chi connectivity index (χ0) is 20.2. The molecule has 2 aromatic heterocycles. The van der Waals surface area contributed by atoms with E-state index >= 15 is 0 Å². The van der Waals surface area contributed by atoms with Gasteiger partial charge >= 0.3 is 0 Å². The van der Waals surface area contributed by atoms with Gasteiger partial charge in [-0.15, -0.1) is 5.10 Å². The van der Waals surface area contributed by atoms with Crippen molar-refractivity contribution in [1.29, 1.82) is 0 Å². The average molecular weight is 387 g/mol. The van der Waals surface area contributed by atoms with E-state index in [4.69, 9.17) is 0 Å². The second kappa shape index (κ2) is 6.27. The standard InChI is InChI=1S/C22H21N5O2/c1-22(2)11-16-18(17(29)12-22)19(15-8-3-4-9-23-15)27-21(24-16)25-20(26-27)13-6-5-7-14(28)10-13/h3-10,19,28H,11-12H2,1-2H3,(H,24,25,26). The number of aromatic hydroxyl groups is 1. The molecule has 3 heterocycles. The van der Waals surface area contributed by atoms with Crippen molar-refractivity contribution < 1.29 is 9.90 Å². The molecule has 1 atom stereocenters. The monoisotopic (exact) mass is 387 g/mol. The highest BCUT2D eigenvalue weighted by Crippen LogP contribution is 2.45. The first-order valence-corrected chi connectivity index (χ1v) is 9.61. The van der Waals surface area contributed by atoms with Crippen molar-refractivity contribution in [3.8, 4) is 17.1 Å². The van der Waals surface area contributed by atoms with Crippen molar-refractivity contribution >= 4 is 11.7 Å². The van der Waals surface area contributed by atoms with Gasteiger partial charge in [-0.3, -0.25) is 9.78 Å². The Hall–Kier alpha value is -3.48. The van der Waals surface area contributed by atoms with Gasteiger partial charge in [-0.05, 0) is 36.1 Å².